The third-order valence-corrected chi connectivity index (χ3v) is 5.63. The fourth-order valence-electron chi connectivity index (χ4n) is 3.01. The average Bonchev–Trinajstić information content (AvgIpc) is 2.95. The van der Waals surface area contributed by atoms with Crippen LogP contribution < -0.4 is 5.32 Å². The Hall–Kier alpha value is -1.99. The fourth-order valence-corrected chi connectivity index (χ4v) is 3.90. The molecule has 0 spiro atoms. The van der Waals surface area contributed by atoms with Gasteiger partial charge in [0.1, 0.15) is 0 Å². The molecule has 1 unspecified atom stereocenters. The summed E-state index contributed by atoms with van der Waals surface area (Å²) in [7, 11) is -3.21. The van der Waals surface area contributed by atoms with Crippen LogP contribution in [0.4, 0.5) is 0 Å². The Morgan fingerprint density at radius 1 is 1.29 bits per heavy atom. The first kappa shape index (κ1) is 16.9. The van der Waals surface area contributed by atoms with Crippen LogP contribution in [0.3, 0.4) is 0 Å². The van der Waals surface area contributed by atoms with Gasteiger partial charge in [-0.3, -0.25) is 9.78 Å². The number of aryl methyl sites for hydroxylation is 2. The van der Waals surface area contributed by atoms with Crippen LogP contribution in [0.1, 0.15) is 28.0 Å². The van der Waals surface area contributed by atoms with E-state index in [4.69, 9.17) is 0 Å². The molecule has 0 saturated carbocycles. The fraction of sp³-hybridized carbons (Fsp3) is 0.412. The van der Waals surface area contributed by atoms with Crippen molar-refractivity contribution >= 4 is 26.8 Å². The van der Waals surface area contributed by atoms with Crippen LogP contribution in [0.2, 0.25) is 0 Å². The summed E-state index contributed by atoms with van der Waals surface area (Å²) in [6.07, 6.45) is 1.81. The van der Waals surface area contributed by atoms with Crippen molar-refractivity contribution in [1.82, 2.24) is 14.6 Å². The molecule has 2 aromatic rings. The van der Waals surface area contributed by atoms with E-state index in [0.717, 1.165) is 16.5 Å². The molecule has 0 aliphatic carbocycles. The Balaban J connectivity index is 1.79. The number of amides is 1. The van der Waals surface area contributed by atoms with Crippen LogP contribution in [0.15, 0.2) is 24.3 Å². The highest BCUT2D eigenvalue weighted by molar-refractivity contribution is 7.88. The minimum absolute atomic E-state index is 0.166. The molecule has 3 rings (SSSR count). The molecule has 1 atom stereocenters. The summed E-state index contributed by atoms with van der Waals surface area (Å²) in [6.45, 7) is 4.58. The van der Waals surface area contributed by atoms with Crippen molar-refractivity contribution in [1.29, 1.82) is 0 Å². The zero-order valence-corrected chi connectivity index (χ0v) is 14.9. The number of hydrogen-bond acceptors (Lipinski definition) is 4. The maximum absolute atomic E-state index is 12.6. The Morgan fingerprint density at radius 3 is 2.71 bits per heavy atom. The second kappa shape index (κ2) is 6.14. The molecule has 7 heteroatoms. The Bertz CT molecular complexity index is 909. The zero-order valence-electron chi connectivity index (χ0n) is 14.0. The number of nitrogens with zero attached hydrogens (tertiary/aromatic N) is 2. The molecule has 1 amide bonds. The van der Waals surface area contributed by atoms with E-state index in [1.54, 1.807) is 0 Å². The Labute approximate surface area is 141 Å². The molecular weight excluding hydrogens is 326 g/mol. The van der Waals surface area contributed by atoms with E-state index in [9.17, 15) is 13.2 Å². The molecule has 1 aliphatic rings. The third kappa shape index (κ3) is 3.42. The van der Waals surface area contributed by atoms with E-state index in [1.165, 1.54) is 10.6 Å². The van der Waals surface area contributed by atoms with Crippen LogP contribution in [0.5, 0.6) is 0 Å². The molecule has 1 aromatic carbocycles. The first-order valence-electron chi connectivity index (χ1n) is 7.88. The molecule has 0 bridgehead atoms. The van der Waals surface area contributed by atoms with Crippen molar-refractivity contribution in [3.63, 3.8) is 0 Å². The molecule has 1 fully saturated rings. The quantitative estimate of drug-likeness (QED) is 0.915. The zero-order chi connectivity index (χ0) is 17.5. The first-order chi connectivity index (χ1) is 11.2. The second-order valence-electron chi connectivity index (χ2n) is 6.40. The summed E-state index contributed by atoms with van der Waals surface area (Å²) < 4.78 is 24.5. The summed E-state index contributed by atoms with van der Waals surface area (Å²) in [5.41, 5.74) is 3.19. The van der Waals surface area contributed by atoms with Crippen LogP contribution in [0.25, 0.3) is 10.9 Å². The van der Waals surface area contributed by atoms with Crippen molar-refractivity contribution in [2.24, 2.45) is 0 Å². The Morgan fingerprint density at radius 2 is 2.04 bits per heavy atom. The second-order valence-corrected chi connectivity index (χ2v) is 8.38. The monoisotopic (exact) mass is 347 g/mol. The molecule has 1 aromatic heterocycles. The maximum atomic E-state index is 12.6. The molecule has 6 nitrogen and oxygen atoms in total. The van der Waals surface area contributed by atoms with Gasteiger partial charge in [-0.2, -0.15) is 0 Å². The number of carbonyl (C=O) groups excluding carboxylic acids is 1. The topological polar surface area (TPSA) is 79.4 Å². The highest BCUT2D eigenvalue weighted by Gasteiger charge is 2.29. The summed E-state index contributed by atoms with van der Waals surface area (Å²) in [4.78, 5) is 17.1. The highest BCUT2D eigenvalue weighted by atomic mass is 32.2. The van der Waals surface area contributed by atoms with Gasteiger partial charge in [-0.15, -0.1) is 0 Å². The molecule has 1 saturated heterocycles. The third-order valence-electron chi connectivity index (χ3n) is 4.36. The van der Waals surface area contributed by atoms with Crippen molar-refractivity contribution < 1.29 is 13.2 Å². The highest BCUT2D eigenvalue weighted by Crippen LogP contribution is 2.19. The van der Waals surface area contributed by atoms with E-state index < -0.39 is 10.0 Å². The van der Waals surface area contributed by atoms with Crippen molar-refractivity contribution in [2.75, 3.05) is 19.3 Å². The largest absolute Gasteiger partial charge is 0.348 e. The smallest absolute Gasteiger partial charge is 0.253 e. The Kier molecular flexibility index (Phi) is 4.31. The van der Waals surface area contributed by atoms with Crippen molar-refractivity contribution in [3.8, 4) is 0 Å². The summed E-state index contributed by atoms with van der Waals surface area (Å²) in [6, 6.07) is 7.61. The number of benzene rings is 1. The van der Waals surface area contributed by atoms with Gasteiger partial charge in [-0.25, -0.2) is 12.7 Å². The minimum Gasteiger partial charge on any atom is -0.348 e. The normalized spacial score (nSPS) is 18.9. The summed E-state index contributed by atoms with van der Waals surface area (Å²) in [5, 5.41) is 3.85. The molecule has 24 heavy (non-hydrogen) atoms. The minimum atomic E-state index is -3.21. The molecule has 128 valence electrons. The van der Waals surface area contributed by atoms with E-state index >= 15 is 0 Å². The van der Waals surface area contributed by atoms with E-state index in [0.29, 0.717) is 30.8 Å². The van der Waals surface area contributed by atoms with Gasteiger partial charge in [0.2, 0.25) is 10.0 Å². The number of sulfonamides is 1. The molecule has 1 aliphatic heterocycles. The maximum Gasteiger partial charge on any atom is 0.253 e. The lowest BCUT2D eigenvalue weighted by Gasteiger charge is -2.15. The van der Waals surface area contributed by atoms with Gasteiger partial charge in [0.15, 0.2) is 0 Å². The number of hydrogen-bond donors (Lipinski definition) is 1. The lowest BCUT2D eigenvalue weighted by molar-refractivity contribution is 0.0938. The SMILES string of the molecule is Cc1ccc2cc(C(=O)NC3CCN(S(C)(=O)=O)C3)c(C)nc2c1. The van der Waals surface area contributed by atoms with Crippen molar-refractivity contribution in [3.05, 3.63) is 41.1 Å². The lowest BCUT2D eigenvalue weighted by Crippen LogP contribution is -2.38. The van der Waals surface area contributed by atoms with Gasteiger partial charge in [0.25, 0.3) is 5.91 Å². The van der Waals surface area contributed by atoms with Gasteiger partial charge in [0.05, 0.1) is 23.0 Å². The number of rotatable bonds is 3. The predicted octanol–water partition coefficient (Wildman–Crippen LogP) is 1.62. The lowest BCUT2D eigenvalue weighted by atomic mass is 10.1. The standard InChI is InChI=1S/C17H21N3O3S/c1-11-4-5-13-9-15(12(2)18-16(13)8-11)17(21)19-14-6-7-20(10-14)24(3,22)23/h4-5,8-9,14H,6-7,10H2,1-3H3,(H,19,21). The van der Waals surface area contributed by atoms with Gasteiger partial charge in [-0.05, 0) is 38.0 Å². The van der Waals surface area contributed by atoms with Gasteiger partial charge in [-0.1, -0.05) is 12.1 Å². The van der Waals surface area contributed by atoms with Crippen LogP contribution in [0, 0.1) is 13.8 Å². The van der Waals surface area contributed by atoms with Crippen LogP contribution >= 0.6 is 0 Å². The number of fused-ring (bicyclic) bond motifs is 1. The average molecular weight is 347 g/mol. The number of nitrogens with one attached hydrogen (secondary N) is 1. The van der Waals surface area contributed by atoms with Gasteiger partial charge >= 0.3 is 0 Å². The van der Waals surface area contributed by atoms with Crippen molar-refractivity contribution in [2.45, 2.75) is 26.3 Å². The van der Waals surface area contributed by atoms with Crippen LogP contribution in [-0.4, -0.2) is 49.0 Å². The first-order valence-corrected chi connectivity index (χ1v) is 9.73. The van der Waals surface area contributed by atoms with E-state index in [1.807, 2.05) is 38.1 Å². The summed E-state index contributed by atoms with van der Waals surface area (Å²) in [5.74, 6) is -0.206. The molecule has 0 radical (unpaired) electrons. The molecular formula is C17H21N3O3S. The van der Waals surface area contributed by atoms with E-state index in [-0.39, 0.29) is 11.9 Å². The number of pyridine rings is 1. The van der Waals surface area contributed by atoms with Gasteiger partial charge in [0, 0.05) is 24.5 Å². The molecule has 2 heterocycles. The van der Waals surface area contributed by atoms with Crippen LogP contribution in [-0.2, 0) is 10.0 Å². The van der Waals surface area contributed by atoms with E-state index in [2.05, 4.69) is 10.3 Å². The number of carbonyl (C=O) groups is 1. The number of aromatic nitrogens is 1. The predicted molar refractivity (Wildman–Crippen MR) is 93.5 cm³/mol. The molecule has 1 N–H and O–H groups in total. The van der Waals surface area contributed by atoms with Gasteiger partial charge < -0.3 is 5.32 Å². The summed E-state index contributed by atoms with van der Waals surface area (Å²) >= 11 is 0.